The fourth-order valence-electron chi connectivity index (χ4n) is 7.34. The summed E-state index contributed by atoms with van der Waals surface area (Å²) in [6.45, 7) is 7.43. The van der Waals surface area contributed by atoms with E-state index in [2.05, 4.69) is 46.3 Å². The number of aromatic nitrogens is 10. The van der Waals surface area contributed by atoms with Crippen molar-refractivity contribution in [2.24, 2.45) is 0 Å². The fourth-order valence-corrected chi connectivity index (χ4v) is 7.34. The SMILES string of the molecule is Cc1ccccc1-n1nnc(C(=O)Nc2ccc(-c3n[nH]c(=O)c4ccccc34)cc2)c1C.Cc1ccccc1-n1nnc(C(=O)O)c1C.Nc1ccc(-c2n[nH]c(=O)c3ccccc23)cc1.[2H]CF. The lowest BCUT2D eigenvalue weighted by Crippen LogP contribution is -2.14. The molecule has 0 saturated carbocycles. The molecule has 18 heteroatoms. The number of para-hydroxylation sites is 2. The number of nitrogens with one attached hydrogen (secondary N) is 3. The fraction of sp³-hybridized carbons (Fsp3) is 0.0980. The smallest absolute Gasteiger partial charge is 0.358 e. The van der Waals surface area contributed by atoms with Crippen molar-refractivity contribution in [2.45, 2.75) is 27.7 Å². The van der Waals surface area contributed by atoms with Gasteiger partial charge in [-0.15, -0.1) is 10.2 Å². The van der Waals surface area contributed by atoms with E-state index >= 15 is 0 Å². The summed E-state index contributed by atoms with van der Waals surface area (Å²) in [5.41, 5.74) is 15.0. The zero-order valence-electron chi connectivity index (χ0n) is 38.7. The van der Waals surface area contributed by atoms with E-state index in [0.717, 1.165) is 50.1 Å². The maximum Gasteiger partial charge on any atom is 0.358 e. The zero-order chi connectivity index (χ0) is 49.9. The van der Waals surface area contributed by atoms with E-state index in [0.29, 0.717) is 39.2 Å². The Morgan fingerprint density at radius 1 is 0.594 bits per heavy atom. The minimum absolute atomic E-state index is 0.0109. The highest BCUT2D eigenvalue weighted by atomic mass is 19.1. The molecule has 6 aromatic carbocycles. The molecule has 0 radical (unpaired) electrons. The van der Waals surface area contributed by atoms with Crippen LogP contribution in [0.4, 0.5) is 15.8 Å². The Hall–Kier alpha value is -9.45. The Bertz CT molecular complexity index is 3590. The second-order valence-corrected chi connectivity index (χ2v) is 15.3. The van der Waals surface area contributed by atoms with E-state index in [1.54, 1.807) is 40.6 Å². The summed E-state index contributed by atoms with van der Waals surface area (Å²) in [6, 6.07) is 44.8. The summed E-state index contributed by atoms with van der Waals surface area (Å²) < 4.78 is 18.7. The number of H-pyrrole nitrogens is 2. The van der Waals surface area contributed by atoms with Crippen LogP contribution in [-0.2, 0) is 0 Å². The van der Waals surface area contributed by atoms with Crippen molar-refractivity contribution < 1.29 is 20.5 Å². The van der Waals surface area contributed by atoms with Crippen molar-refractivity contribution in [1.82, 2.24) is 50.4 Å². The van der Waals surface area contributed by atoms with Gasteiger partial charge in [0.15, 0.2) is 11.4 Å². The average Bonchev–Trinajstić information content (AvgIpc) is 3.95. The molecule has 10 aromatic rings. The van der Waals surface area contributed by atoms with Gasteiger partial charge in [0, 0.05) is 33.3 Å². The molecule has 0 bridgehead atoms. The van der Waals surface area contributed by atoms with E-state index in [9.17, 15) is 23.6 Å². The number of hydrogen-bond acceptors (Lipinski definition) is 11. The number of rotatable bonds is 7. The molecule has 0 atom stereocenters. The number of carbonyl (C=O) groups excluding carboxylic acids is 1. The van der Waals surface area contributed by atoms with Crippen LogP contribution in [-0.4, -0.2) is 74.5 Å². The molecule has 346 valence electrons. The molecule has 0 aliphatic heterocycles. The first-order valence-electron chi connectivity index (χ1n) is 21.8. The number of aromatic amines is 2. The number of fused-ring (bicyclic) bond motifs is 2. The number of aryl methyl sites for hydroxylation is 2. The number of nitrogen functional groups attached to an aromatic ring is 1. The Morgan fingerprint density at radius 2 is 0.986 bits per heavy atom. The minimum Gasteiger partial charge on any atom is -0.476 e. The molecule has 0 aliphatic rings. The predicted molar refractivity (Wildman–Crippen MR) is 264 cm³/mol. The third-order valence-corrected chi connectivity index (χ3v) is 10.9. The number of carboxylic acids is 1. The van der Waals surface area contributed by atoms with Gasteiger partial charge in [-0.05, 0) is 87.4 Å². The summed E-state index contributed by atoms with van der Waals surface area (Å²) >= 11 is 0. The molecule has 69 heavy (non-hydrogen) atoms. The number of carbonyl (C=O) groups is 2. The van der Waals surface area contributed by atoms with Gasteiger partial charge in [-0.2, -0.15) is 10.2 Å². The van der Waals surface area contributed by atoms with Crippen LogP contribution in [0.2, 0.25) is 0 Å². The van der Waals surface area contributed by atoms with Gasteiger partial charge in [0.1, 0.15) is 0 Å². The molecule has 1 amide bonds. The third-order valence-electron chi connectivity index (χ3n) is 10.9. The lowest BCUT2D eigenvalue weighted by molar-refractivity contribution is 0.0689. The number of alkyl halides is 1. The zero-order valence-corrected chi connectivity index (χ0v) is 37.7. The van der Waals surface area contributed by atoms with Crippen molar-refractivity contribution in [3.8, 4) is 33.9 Å². The highest BCUT2D eigenvalue weighted by Crippen LogP contribution is 2.27. The number of amides is 1. The van der Waals surface area contributed by atoms with E-state index in [-0.39, 0.29) is 28.4 Å². The number of aromatic carboxylic acids is 1. The van der Waals surface area contributed by atoms with E-state index in [1.165, 1.54) is 0 Å². The highest BCUT2D eigenvalue weighted by molar-refractivity contribution is 6.04. The third kappa shape index (κ3) is 10.3. The van der Waals surface area contributed by atoms with Crippen molar-refractivity contribution >= 4 is 44.8 Å². The average molecular weight is 926 g/mol. The van der Waals surface area contributed by atoms with Gasteiger partial charge in [0.25, 0.3) is 17.0 Å². The van der Waals surface area contributed by atoms with Gasteiger partial charge >= 0.3 is 5.97 Å². The molecule has 10 rings (SSSR count). The maximum absolute atomic E-state index is 12.9. The summed E-state index contributed by atoms with van der Waals surface area (Å²) in [6.07, 6.45) is 0. The van der Waals surface area contributed by atoms with Crippen molar-refractivity contribution in [3.05, 3.63) is 200 Å². The Balaban J connectivity index is 0.000000164. The first-order chi connectivity index (χ1) is 33.8. The van der Waals surface area contributed by atoms with Crippen LogP contribution in [0, 0.1) is 27.7 Å². The molecule has 17 nitrogen and oxygen atoms in total. The number of nitrogens with zero attached hydrogens (tertiary/aromatic N) is 8. The van der Waals surface area contributed by atoms with Crippen molar-refractivity contribution in [1.29, 1.82) is 0 Å². The predicted octanol–water partition coefficient (Wildman–Crippen LogP) is 8.38. The number of carboxylic acid groups (broad SMARTS) is 1. The van der Waals surface area contributed by atoms with Crippen LogP contribution in [0.15, 0.2) is 155 Å². The first-order valence-corrected chi connectivity index (χ1v) is 21.1. The number of anilines is 2. The second kappa shape index (κ2) is 21.2. The van der Waals surface area contributed by atoms with Crippen LogP contribution >= 0.6 is 0 Å². The van der Waals surface area contributed by atoms with Gasteiger partial charge in [-0.1, -0.05) is 107 Å². The number of halogens is 1. The highest BCUT2D eigenvalue weighted by Gasteiger charge is 2.19. The molecule has 4 heterocycles. The molecule has 6 N–H and O–H groups in total. The van der Waals surface area contributed by atoms with E-state index < -0.39 is 13.1 Å². The van der Waals surface area contributed by atoms with Gasteiger partial charge in [-0.25, -0.2) is 24.4 Å². The topological polar surface area (TPSA) is 245 Å². The molecule has 0 saturated heterocycles. The summed E-state index contributed by atoms with van der Waals surface area (Å²) in [4.78, 5) is 47.4. The number of benzene rings is 6. The van der Waals surface area contributed by atoms with Crippen molar-refractivity contribution in [2.75, 3.05) is 18.2 Å². The monoisotopic (exact) mass is 925 g/mol. The molecular weight excluding hydrogens is 880 g/mol. The molecule has 0 spiro atoms. The van der Waals surface area contributed by atoms with Gasteiger partial charge in [0.05, 0.1) is 53.4 Å². The maximum atomic E-state index is 12.9. The Morgan fingerprint density at radius 3 is 1.42 bits per heavy atom. The molecular formula is C51H45FN12O5. The lowest BCUT2D eigenvalue weighted by Gasteiger charge is -2.08. The summed E-state index contributed by atoms with van der Waals surface area (Å²) in [5.74, 6) is -1.40. The second-order valence-electron chi connectivity index (χ2n) is 15.3. The van der Waals surface area contributed by atoms with Crippen LogP contribution in [0.25, 0.3) is 55.4 Å². The lowest BCUT2D eigenvalue weighted by atomic mass is 10.0. The largest absolute Gasteiger partial charge is 0.476 e. The van der Waals surface area contributed by atoms with Gasteiger partial charge < -0.3 is 16.2 Å². The van der Waals surface area contributed by atoms with Crippen LogP contribution in [0.5, 0.6) is 0 Å². The molecule has 0 aliphatic carbocycles. The first kappa shape index (κ1) is 46.1. The normalized spacial score (nSPS) is 10.7. The number of nitrogens with two attached hydrogens (primary N) is 1. The van der Waals surface area contributed by atoms with E-state index in [1.807, 2.05) is 142 Å². The molecule has 4 aromatic heterocycles. The van der Waals surface area contributed by atoms with Crippen LogP contribution in [0.3, 0.4) is 0 Å². The van der Waals surface area contributed by atoms with Crippen LogP contribution in [0.1, 0.15) is 44.9 Å². The standard InChI is InChI=1S/C25H20N6O2.C14H11N3O.C11H11N3O2.CH3F/c1-15-7-3-6-10-21(15)31-16(2)22(28-30-31)25(33)26-18-13-11-17(12-14-18)23-19-8-4-5-9-20(19)24(32)29-27-23;15-10-7-5-9(6-8-10)13-11-3-1-2-4-12(11)14(18)17-16-13;1-7-5-3-4-6-9(7)14-8(2)10(11(15)16)12-13-14;1-2/h3-14H,1-2H3,(H,26,33)(H,29,32);1-8H,15H2,(H,17,18);3-6H,1-2H3,(H,15,16);1H3/i;;;1D. The van der Waals surface area contributed by atoms with E-state index in [4.69, 9.17) is 12.2 Å². The molecule has 0 fully saturated rings. The summed E-state index contributed by atoms with van der Waals surface area (Å²) in [7, 11) is -1.00. The Labute approximate surface area is 394 Å². The number of hydrogen-bond donors (Lipinski definition) is 5. The van der Waals surface area contributed by atoms with Crippen molar-refractivity contribution in [3.63, 3.8) is 0 Å². The Kier molecular flexibility index (Phi) is 14.2. The van der Waals surface area contributed by atoms with Crippen LogP contribution < -0.4 is 22.2 Å². The minimum atomic E-state index is -1.06. The van der Waals surface area contributed by atoms with Gasteiger partial charge in [-0.3, -0.25) is 18.8 Å². The summed E-state index contributed by atoms with van der Waals surface area (Å²) in [5, 5.41) is 43.7. The van der Waals surface area contributed by atoms with Gasteiger partial charge in [0.2, 0.25) is 0 Å². The molecule has 0 unspecified atom stereocenters. The quantitative estimate of drug-likeness (QED) is 0.0947.